The van der Waals surface area contributed by atoms with E-state index in [0.29, 0.717) is 0 Å². The van der Waals surface area contributed by atoms with Gasteiger partial charge < -0.3 is 10.6 Å². The highest BCUT2D eigenvalue weighted by molar-refractivity contribution is 5.60. The first kappa shape index (κ1) is 13.2. The topological polar surface area (TPSA) is 53.0 Å². The fourth-order valence-electron chi connectivity index (χ4n) is 1.45. The molecule has 0 aliphatic heterocycles. The van der Waals surface area contributed by atoms with Crippen molar-refractivity contribution in [1.29, 1.82) is 5.26 Å². The van der Waals surface area contributed by atoms with Crippen molar-refractivity contribution in [1.82, 2.24) is 0 Å². The van der Waals surface area contributed by atoms with Gasteiger partial charge in [-0.25, -0.2) is 0 Å². The molecule has 0 atom stereocenters. The smallest absolute Gasteiger partial charge is 0.399 e. The van der Waals surface area contributed by atoms with Gasteiger partial charge in [0, 0.05) is 25.0 Å². The highest BCUT2D eigenvalue weighted by Crippen LogP contribution is 2.37. The maximum Gasteiger partial charge on any atom is 0.418 e. The van der Waals surface area contributed by atoms with Crippen LogP contribution < -0.4 is 10.6 Å². The normalized spacial score (nSPS) is 11.0. The van der Waals surface area contributed by atoms with Crippen molar-refractivity contribution in [2.75, 3.05) is 24.2 Å². The predicted octanol–water partition coefficient (Wildman–Crippen LogP) is 2.64. The molecule has 1 aromatic carbocycles. The van der Waals surface area contributed by atoms with Gasteiger partial charge >= 0.3 is 6.18 Å². The van der Waals surface area contributed by atoms with Crippen molar-refractivity contribution in [3.8, 4) is 6.07 Å². The number of benzene rings is 1. The average Bonchev–Trinajstić information content (AvgIpc) is 2.24. The van der Waals surface area contributed by atoms with E-state index in [2.05, 4.69) is 0 Å². The van der Waals surface area contributed by atoms with Crippen molar-refractivity contribution in [2.45, 2.75) is 12.6 Å². The van der Waals surface area contributed by atoms with E-state index >= 15 is 0 Å². The number of nitrogen functional groups attached to an aromatic ring is 1. The summed E-state index contributed by atoms with van der Waals surface area (Å²) in [5.74, 6) is 0. The van der Waals surface area contributed by atoms with Crippen LogP contribution in [0.3, 0.4) is 0 Å². The van der Waals surface area contributed by atoms with Crippen LogP contribution in [0, 0.1) is 11.3 Å². The Labute approximate surface area is 97.2 Å². The minimum Gasteiger partial charge on any atom is -0.399 e. The molecule has 3 nitrogen and oxygen atoms in total. The Kier molecular flexibility index (Phi) is 3.84. The fourth-order valence-corrected chi connectivity index (χ4v) is 1.45. The molecule has 0 saturated heterocycles. The lowest BCUT2D eigenvalue weighted by molar-refractivity contribution is -0.137. The molecule has 0 unspecified atom stereocenters. The van der Waals surface area contributed by atoms with Gasteiger partial charge in [-0.2, -0.15) is 18.4 Å². The Morgan fingerprint density at radius 3 is 2.59 bits per heavy atom. The van der Waals surface area contributed by atoms with Crippen molar-refractivity contribution in [3.05, 3.63) is 23.8 Å². The summed E-state index contributed by atoms with van der Waals surface area (Å²) in [6.07, 6.45) is -4.29. The minimum absolute atomic E-state index is 0.0296. The lowest BCUT2D eigenvalue weighted by Crippen LogP contribution is -2.22. The van der Waals surface area contributed by atoms with E-state index in [-0.39, 0.29) is 24.3 Å². The number of rotatable bonds is 3. The molecule has 0 aliphatic carbocycles. The lowest BCUT2D eigenvalue weighted by atomic mass is 10.1. The van der Waals surface area contributed by atoms with Crippen LogP contribution in [0.2, 0.25) is 0 Å². The first-order valence-electron chi connectivity index (χ1n) is 4.91. The zero-order chi connectivity index (χ0) is 13.1. The van der Waals surface area contributed by atoms with Crippen LogP contribution in [0.4, 0.5) is 24.5 Å². The van der Waals surface area contributed by atoms with Gasteiger partial charge in [0.1, 0.15) is 0 Å². The van der Waals surface area contributed by atoms with E-state index in [1.165, 1.54) is 24.1 Å². The number of alkyl halides is 3. The molecule has 1 rings (SSSR count). The highest BCUT2D eigenvalue weighted by atomic mass is 19.4. The van der Waals surface area contributed by atoms with Crippen LogP contribution in [-0.4, -0.2) is 13.6 Å². The largest absolute Gasteiger partial charge is 0.418 e. The van der Waals surface area contributed by atoms with Crippen LogP contribution >= 0.6 is 0 Å². The second-order valence-electron chi connectivity index (χ2n) is 3.60. The van der Waals surface area contributed by atoms with Gasteiger partial charge in [0.05, 0.1) is 18.1 Å². The first-order valence-corrected chi connectivity index (χ1v) is 4.91. The molecule has 0 amide bonds. The molecule has 0 heterocycles. The Hall–Kier alpha value is -1.90. The number of nitrogens with two attached hydrogens (primary N) is 1. The standard InChI is InChI=1S/C11H12F3N3/c1-17(6-2-5-15)10-4-3-8(16)7-9(10)11(12,13)14/h3-4,7H,2,6,16H2,1H3. The summed E-state index contributed by atoms with van der Waals surface area (Å²) in [5, 5.41) is 8.42. The van der Waals surface area contributed by atoms with Gasteiger partial charge in [-0.05, 0) is 18.2 Å². The maximum absolute atomic E-state index is 12.8. The van der Waals surface area contributed by atoms with Crippen molar-refractivity contribution in [3.63, 3.8) is 0 Å². The predicted molar refractivity (Wildman–Crippen MR) is 59.4 cm³/mol. The second-order valence-corrected chi connectivity index (χ2v) is 3.60. The molecule has 6 heteroatoms. The zero-order valence-corrected chi connectivity index (χ0v) is 9.25. The average molecular weight is 243 g/mol. The molecule has 1 aromatic rings. The van der Waals surface area contributed by atoms with Crippen LogP contribution in [0.1, 0.15) is 12.0 Å². The SMILES string of the molecule is CN(CCC#N)c1ccc(N)cc1C(F)(F)F. The summed E-state index contributed by atoms with van der Waals surface area (Å²) < 4.78 is 38.3. The van der Waals surface area contributed by atoms with Gasteiger partial charge in [-0.1, -0.05) is 0 Å². The van der Waals surface area contributed by atoms with Gasteiger partial charge in [0.25, 0.3) is 0 Å². The Bertz CT molecular complexity index is 435. The second kappa shape index (κ2) is 4.95. The Balaban J connectivity index is 3.11. The summed E-state index contributed by atoms with van der Waals surface area (Å²) in [6.45, 7) is 0.240. The molecule has 0 bridgehead atoms. The first-order chi connectivity index (χ1) is 7.86. The van der Waals surface area contributed by atoms with Crippen LogP contribution in [-0.2, 0) is 6.18 Å². The van der Waals surface area contributed by atoms with E-state index in [1.807, 2.05) is 6.07 Å². The third-order valence-corrected chi connectivity index (χ3v) is 2.30. The zero-order valence-electron chi connectivity index (χ0n) is 9.25. The molecule has 2 N–H and O–H groups in total. The minimum atomic E-state index is -4.45. The van der Waals surface area contributed by atoms with Crippen molar-refractivity contribution < 1.29 is 13.2 Å². The Morgan fingerprint density at radius 2 is 2.06 bits per heavy atom. The molecular formula is C11H12F3N3. The molecule has 0 saturated carbocycles. The van der Waals surface area contributed by atoms with E-state index in [1.54, 1.807) is 0 Å². The number of hydrogen-bond acceptors (Lipinski definition) is 3. The van der Waals surface area contributed by atoms with E-state index in [4.69, 9.17) is 11.0 Å². The third kappa shape index (κ3) is 3.28. The number of hydrogen-bond donors (Lipinski definition) is 1. The molecule has 17 heavy (non-hydrogen) atoms. The molecular weight excluding hydrogens is 231 g/mol. The monoisotopic (exact) mass is 243 g/mol. The van der Waals surface area contributed by atoms with Gasteiger partial charge in [-0.15, -0.1) is 0 Å². The fraction of sp³-hybridized carbons (Fsp3) is 0.364. The molecule has 0 spiro atoms. The number of nitrogens with zero attached hydrogens (tertiary/aromatic N) is 2. The van der Waals surface area contributed by atoms with E-state index in [9.17, 15) is 13.2 Å². The van der Waals surface area contributed by atoms with Crippen LogP contribution in [0.15, 0.2) is 18.2 Å². The Morgan fingerprint density at radius 1 is 1.41 bits per heavy atom. The maximum atomic E-state index is 12.8. The third-order valence-electron chi connectivity index (χ3n) is 2.30. The molecule has 0 aliphatic rings. The quantitative estimate of drug-likeness (QED) is 0.830. The number of halogens is 3. The molecule has 0 radical (unpaired) electrons. The lowest BCUT2D eigenvalue weighted by Gasteiger charge is -2.22. The van der Waals surface area contributed by atoms with Gasteiger partial charge in [0.2, 0.25) is 0 Å². The molecule has 0 aromatic heterocycles. The summed E-state index contributed by atoms with van der Waals surface area (Å²) in [5.41, 5.74) is 4.67. The van der Waals surface area contributed by atoms with Crippen molar-refractivity contribution >= 4 is 11.4 Å². The summed E-state index contributed by atoms with van der Waals surface area (Å²) in [7, 11) is 1.51. The van der Waals surface area contributed by atoms with E-state index in [0.717, 1.165) is 6.07 Å². The summed E-state index contributed by atoms with van der Waals surface area (Å²) >= 11 is 0. The summed E-state index contributed by atoms with van der Waals surface area (Å²) in [4.78, 5) is 1.39. The highest BCUT2D eigenvalue weighted by Gasteiger charge is 2.34. The molecule has 0 fully saturated rings. The van der Waals surface area contributed by atoms with E-state index < -0.39 is 11.7 Å². The van der Waals surface area contributed by atoms with Crippen LogP contribution in [0.5, 0.6) is 0 Å². The number of nitriles is 1. The number of anilines is 2. The van der Waals surface area contributed by atoms with Gasteiger partial charge in [-0.3, -0.25) is 0 Å². The summed E-state index contributed by atoms with van der Waals surface area (Å²) in [6, 6.07) is 5.52. The van der Waals surface area contributed by atoms with Gasteiger partial charge in [0.15, 0.2) is 0 Å². The molecule has 92 valence electrons. The van der Waals surface area contributed by atoms with Crippen LogP contribution in [0.25, 0.3) is 0 Å². The van der Waals surface area contributed by atoms with Crippen molar-refractivity contribution in [2.24, 2.45) is 0 Å².